The van der Waals surface area contributed by atoms with E-state index in [1.54, 1.807) is 0 Å². The molecular formula is C16H20ClN5O9S2. The smallest absolute Gasteiger partial charge is 0.363 e. The first kappa shape index (κ1) is 26.4. The van der Waals surface area contributed by atoms with Crippen molar-refractivity contribution in [3.8, 4) is 0 Å². The van der Waals surface area contributed by atoms with Gasteiger partial charge in [0.05, 0.1) is 6.61 Å². The standard InChI is InChI=1S/C16H20ClN5O9S2/c1-3-4-5-31-15(26)12-11(14(25)22(12)33(27,28)29)20-13(24)10(21-30-2)8-7-32-16(18-8)19-9(23)6-17/h7,11-12H,3-6H2,1-2H3,(H,20,24)(H,18,19,23)(H,27,28,29). The minimum atomic E-state index is -5.09. The van der Waals surface area contributed by atoms with Crippen LogP contribution in [0, 0.1) is 0 Å². The van der Waals surface area contributed by atoms with Gasteiger partial charge in [0, 0.05) is 5.38 Å². The Hall–Kier alpha value is -2.82. The summed E-state index contributed by atoms with van der Waals surface area (Å²) in [5, 5.41) is 9.55. The molecule has 33 heavy (non-hydrogen) atoms. The Morgan fingerprint density at radius 1 is 1.39 bits per heavy atom. The minimum Gasteiger partial charge on any atom is -0.464 e. The van der Waals surface area contributed by atoms with Crippen molar-refractivity contribution >= 4 is 67.8 Å². The van der Waals surface area contributed by atoms with Crippen LogP contribution in [-0.2, 0) is 39.1 Å². The highest BCUT2D eigenvalue weighted by Crippen LogP contribution is 2.25. The summed E-state index contributed by atoms with van der Waals surface area (Å²) in [6.07, 6.45) is 1.16. The van der Waals surface area contributed by atoms with Crippen LogP contribution < -0.4 is 10.6 Å². The maximum Gasteiger partial charge on any atom is 0.363 e. The van der Waals surface area contributed by atoms with Crippen LogP contribution in [-0.4, -0.2) is 83.3 Å². The third-order valence-corrected chi connectivity index (χ3v) is 5.99. The summed E-state index contributed by atoms with van der Waals surface area (Å²) in [6, 6.07) is -3.48. The van der Waals surface area contributed by atoms with Gasteiger partial charge in [0.25, 0.3) is 11.8 Å². The molecule has 1 aliphatic heterocycles. The van der Waals surface area contributed by atoms with Crippen molar-refractivity contribution in [2.45, 2.75) is 31.8 Å². The van der Waals surface area contributed by atoms with Crippen molar-refractivity contribution in [2.24, 2.45) is 5.16 Å². The molecule has 182 valence electrons. The van der Waals surface area contributed by atoms with Crippen molar-refractivity contribution in [3.05, 3.63) is 11.1 Å². The molecule has 14 nitrogen and oxygen atoms in total. The van der Waals surface area contributed by atoms with Gasteiger partial charge in [-0.15, -0.1) is 22.9 Å². The average molecular weight is 526 g/mol. The van der Waals surface area contributed by atoms with E-state index in [1.165, 1.54) is 5.38 Å². The van der Waals surface area contributed by atoms with E-state index in [2.05, 4.69) is 25.6 Å². The van der Waals surface area contributed by atoms with Crippen LogP contribution >= 0.6 is 22.9 Å². The number of carbonyl (C=O) groups excluding carboxylic acids is 4. The number of nitrogens with zero attached hydrogens (tertiary/aromatic N) is 3. The molecule has 0 saturated carbocycles. The van der Waals surface area contributed by atoms with E-state index in [-0.39, 0.29) is 27.6 Å². The number of anilines is 1. The molecule has 1 aromatic heterocycles. The molecule has 2 atom stereocenters. The molecule has 2 heterocycles. The van der Waals surface area contributed by atoms with Gasteiger partial charge in [0.2, 0.25) is 5.91 Å². The molecule has 1 aromatic rings. The quantitative estimate of drug-likeness (QED) is 0.0645. The molecule has 1 aliphatic rings. The van der Waals surface area contributed by atoms with Crippen LogP contribution in [0.5, 0.6) is 0 Å². The molecule has 3 N–H and O–H groups in total. The van der Waals surface area contributed by atoms with E-state index in [0.717, 1.165) is 18.4 Å². The first-order chi connectivity index (χ1) is 15.5. The van der Waals surface area contributed by atoms with Gasteiger partial charge in [-0.2, -0.15) is 12.7 Å². The monoisotopic (exact) mass is 525 g/mol. The van der Waals surface area contributed by atoms with Crippen LogP contribution in [0.2, 0.25) is 0 Å². The lowest BCUT2D eigenvalue weighted by molar-refractivity contribution is -0.164. The fraction of sp³-hybridized carbons (Fsp3) is 0.500. The number of nitrogens with one attached hydrogen (secondary N) is 2. The number of amides is 3. The fourth-order valence-electron chi connectivity index (χ4n) is 2.59. The zero-order valence-corrected chi connectivity index (χ0v) is 19.7. The number of carbonyl (C=O) groups is 4. The number of β-lactam (4-membered cyclic amide) rings is 1. The lowest BCUT2D eigenvalue weighted by atomic mass is 9.98. The molecule has 0 spiro atoms. The number of rotatable bonds is 11. The van der Waals surface area contributed by atoms with Crippen LogP contribution in [0.15, 0.2) is 10.5 Å². The molecule has 0 aromatic carbocycles. The molecule has 17 heteroatoms. The van der Waals surface area contributed by atoms with Crippen LogP contribution in [0.4, 0.5) is 5.13 Å². The molecular weight excluding hydrogens is 506 g/mol. The van der Waals surface area contributed by atoms with Gasteiger partial charge in [-0.05, 0) is 6.42 Å². The summed E-state index contributed by atoms with van der Waals surface area (Å²) in [4.78, 5) is 57.4. The van der Waals surface area contributed by atoms with Gasteiger partial charge >= 0.3 is 16.3 Å². The van der Waals surface area contributed by atoms with E-state index in [9.17, 15) is 32.1 Å². The molecule has 3 amide bonds. The Morgan fingerprint density at radius 2 is 2.09 bits per heavy atom. The number of ether oxygens (including phenoxy) is 1. The number of halogens is 1. The van der Waals surface area contributed by atoms with Crippen molar-refractivity contribution in [3.63, 3.8) is 0 Å². The van der Waals surface area contributed by atoms with Crippen molar-refractivity contribution < 1.29 is 41.7 Å². The Morgan fingerprint density at radius 3 is 2.67 bits per heavy atom. The van der Waals surface area contributed by atoms with Gasteiger partial charge in [0.1, 0.15) is 24.7 Å². The molecule has 0 bridgehead atoms. The van der Waals surface area contributed by atoms with Crippen LogP contribution in [0.25, 0.3) is 0 Å². The number of thiazole rings is 1. The molecule has 1 saturated heterocycles. The van der Waals surface area contributed by atoms with Crippen molar-refractivity contribution in [2.75, 3.05) is 24.9 Å². The van der Waals surface area contributed by atoms with Crippen molar-refractivity contribution in [1.29, 1.82) is 0 Å². The Bertz CT molecular complexity index is 1060. The largest absolute Gasteiger partial charge is 0.464 e. The van der Waals surface area contributed by atoms with Gasteiger partial charge in [0.15, 0.2) is 16.9 Å². The summed E-state index contributed by atoms with van der Waals surface area (Å²) in [5.74, 6) is -4.29. The SMILES string of the molecule is CCCCOC(=O)C1C(NC(=O)C(=NOC)c2csc(NC(=O)CCl)n2)C(=O)N1S(=O)(=O)O. The zero-order valence-electron chi connectivity index (χ0n) is 17.3. The van der Waals surface area contributed by atoms with Gasteiger partial charge in [-0.1, -0.05) is 18.5 Å². The Balaban J connectivity index is 2.23. The second-order valence-corrected chi connectivity index (χ2v) is 8.79. The molecule has 0 aliphatic carbocycles. The lowest BCUT2D eigenvalue weighted by Crippen LogP contribution is -2.75. The van der Waals surface area contributed by atoms with E-state index in [4.69, 9.17) is 16.3 Å². The molecule has 2 rings (SSSR count). The number of alkyl halides is 1. The molecule has 2 unspecified atom stereocenters. The summed E-state index contributed by atoms with van der Waals surface area (Å²) >= 11 is 6.36. The summed E-state index contributed by atoms with van der Waals surface area (Å²) in [5.41, 5.74) is -0.485. The highest BCUT2D eigenvalue weighted by Gasteiger charge is 2.58. The van der Waals surface area contributed by atoms with E-state index in [1.807, 2.05) is 6.92 Å². The number of hydrogen-bond donors (Lipinski definition) is 3. The highest BCUT2D eigenvalue weighted by molar-refractivity contribution is 7.84. The summed E-state index contributed by atoms with van der Waals surface area (Å²) in [7, 11) is -3.95. The minimum absolute atomic E-state index is 0.0496. The zero-order chi connectivity index (χ0) is 24.8. The molecule has 0 radical (unpaired) electrons. The van der Waals surface area contributed by atoms with Gasteiger partial charge in [-0.3, -0.25) is 18.9 Å². The fourth-order valence-corrected chi connectivity index (χ4v) is 4.21. The number of hydrogen-bond acceptors (Lipinski definition) is 11. The molecule has 1 fully saturated rings. The van der Waals surface area contributed by atoms with Crippen LogP contribution in [0.3, 0.4) is 0 Å². The normalized spacial score (nSPS) is 18.4. The predicted octanol–water partition coefficient (Wildman–Crippen LogP) is -0.487. The topological polar surface area (TPSA) is 194 Å². The second-order valence-electron chi connectivity index (χ2n) is 6.37. The number of aromatic nitrogens is 1. The van der Waals surface area contributed by atoms with E-state index >= 15 is 0 Å². The van der Waals surface area contributed by atoms with Crippen LogP contribution in [0.1, 0.15) is 25.5 Å². The predicted molar refractivity (Wildman–Crippen MR) is 115 cm³/mol. The third-order valence-electron chi connectivity index (χ3n) is 4.08. The first-order valence-corrected chi connectivity index (χ1v) is 12.1. The number of oxime groups is 1. The Kier molecular flexibility index (Phi) is 9.09. The number of esters is 1. The lowest BCUT2D eigenvalue weighted by Gasteiger charge is -2.42. The maximum absolute atomic E-state index is 12.8. The third kappa shape index (κ3) is 6.37. The average Bonchev–Trinajstić information content (AvgIpc) is 3.20. The van der Waals surface area contributed by atoms with E-state index < -0.39 is 51.8 Å². The van der Waals surface area contributed by atoms with Gasteiger partial charge < -0.3 is 20.2 Å². The highest BCUT2D eigenvalue weighted by atomic mass is 35.5. The second kappa shape index (κ2) is 11.4. The Labute approximate surface area is 197 Å². The summed E-state index contributed by atoms with van der Waals surface area (Å²) in [6.45, 7) is 1.78. The van der Waals surface area contributed by atoms with E-state index in [0.29, 0.717) is 12.8 Å². The number of unbranched alkanes of at least 4 members (excludes halogenated alkanes) is 1. The van der Waals surface area contributed by atoms with Crippen molar-refractivity contribution in [1.82, 2.24) is 14.6 Å². The summed E-state index contributed by atoms with van der Waals surface area (Å²) < 4.78 is 37.2. The first-order valence-electron chi connectivity index (χ1n) is 9.26. The maximum atomic E-state index is 12.8. The van der Waals surface area contributed by atoms with Gasteiger partial charge in [-0.25, -0.2) is 9.78 Å².